The molecule has 0 radical (unpaired) electrons. The van der Waals surface area contributed by atoms with Gasteiger partial charge in [0.25, 0.3) is 5.22 Å². The van der Waals surface area contributed by atoms with Crippen molar-refractivity contribution in [1.82, 2.24) is 4.98 Å². The van der Waals surface area contributed by atoms with Crippen LogP contribution in [0.4, 0.5) is 5.69 Å². The molecule has 0 unspecified atom stereocenters. The van der Waals surface area contributed by atoms with Gasteiger partial charge in [-0.05, 0) is 41.5 Å². The minimum Gasteiger partial charge on any atom is -0.545 e. The van der Waals surface area contributed by atoms with E-state index in [-0.39, 0.29) is 22.6 Å². The van der Waals surface area contributed by atoms with E-state index in [0.717, 1.165) is 30.0 Å². The van der Waals surface area contributed by atoms with Gasteiger partial charge in [-0.2, -0.15) is 0 Å². The van der Waals surface area contributed by atoms with Gasteiger partial charge in [0.2, 0.25) is 5.91 Å². The minimum atomic E-state index is -1.57. The number of aromatic nitrogens is 1. The fraction of sp³-hybridized carbons (Fsp3) is 0.0588. The Labute approximate surface area is 150 Å². The largest absolute Gasteiger partial charge is 0.545 e. The number of carbonyl (C=O) groups excluding carboxylic acids is 3. The van der Waals surface area contributed by atoms with E-state index in [1.165, 1.54) is 0 Å². The van der Waals surface area contributed by atoms with Crippen LogP contribution < -0.4 is 15.5 Å². The van der Waals surface area contributed by atoms with E-state index in [9.17, 15) is 24.6 Å². The number of thioether (sulfide) groups is 1. The van der Waals surface area contributed by atoms with Gasteiger partial charge in [0, 0.05) is 5.69 Å². The van der Waals surface area contributed by atoms with E-state index >= 15 is 0 Å². The maximum atomic E-state index is 12.0. The molecular formula is C17H10N2O6S-2. The number of nitrogens with one attached hydrogen (secondary N) is 1. The normalized spacial score (nSPS) is 10.6. The number of oxazole rings is 1. The average Bonchev–Trinajstić information content (AvgIpc) is 3.02. The molecule has 0 bridgehead atoms. The number of rotatable bonds is 6. The van der Waals surface area contributed by atoms with Gasteiger partial charge in [0.15, 0.2) is 5.58 Å². The molecule has 1 amide bonds. The molecule has 0 saturated carbocycles. The standard InChI is InChI=1S/C17H12N2O6S/c20-14(8-26-17-19-12-3-1-2-4-13(12)25-17)18-11-6-9(15(21)22)5-10(7-11)16(23)24/h1-7H,8H2,(H,18,20)(H,21,22)(H,23,24)/p-2. The van der Waals surface area contributed by atoms with Gasteiger partial charge >= 0.3 is 0 Å². The van der Waals surface area contributed by atoms with Gasteiger partial charge < -0.3 is 29.5 Å². The zero-order valence-corrected chi connectivity index (χ0v) is 13.9. The molecule has 0 aliphatic rings. The second kappa shape index (κ2) is 7.28. The van der Waals surface area contributed by atoms with Crippen molar-refractivity contribution in [3.8, 4) is 0 Å². The quantitative estimate of drug-likeness (QED) is 0.611. The summed E-state index contributed by atoms with van der Waals surface area (Å²) < 4.78 is 5.47. The second-order valence-corrected chi connectivity index (χ2v) is 6.08. The zero-order valence-electron chi connectivity index (χ0n) is 13.1. The van der Waals surface area contributed by atoms with E-state index in [0.29, 0.717) is 16.3 Å². The molecule has 0 spiro atoms. The van der Waals surface area contributed by atoms with Crippen LogP contribution in [-0.2, 0) is 4.79 Å². The Bertz CT molecular complexity index is 948. The topological polar surface area (TPSA) is 135 Å². The summed E-state index contributed by atoms with van der Waals surface area (Å²) in [6.45, 7) is 0. The Morgan fingerprint density at radius 2 is 1.69 bits per heavy atom. The van der Waals surface area contributed by atoms with Crippen molar-refractivity contribution in [2.24, 2.45) is 0 Å². The number of carbonyl (C=O) groups is 3. The number of hydrogen-bond donors (Lipinski definition) is 1. The number of para-hydroxylation sites is 2. The van der Waals surface area contributed by atoms with Crippen LogP contribution in [0.3, 0.4) is 0 Å². The highest BCUT2D eigenvalue weighted by Crippen LogP contribution is 2.23. The molecule has 0 atom stereocenters. The van der Waals surface area contributed by atoms with Crippen molar-refractivity contribution in [3.05, 3.63) is 53.6 Å². The van der Waals surface area contributed by atoms with E-state index in [2.05, 4.69) is 10.3 Å². The van der Waals surface area contributed by atoms with Crippen molar-refractivity contribution >= 4 is 46.4 Å². The Hall–Kier alpha value is -3.33. The molecule has 9 heteroatoms. The number of carboxylic acids is 2. The molecule has 1 aromatic heterocycles. The van der Waals surface area contributed by atoms with Crippen molar-refractivity contribution in [2.75, 3.05) is 11.1 Å². The van der Waals surface area contributed by atoms with Crippen LogP contribution >= 0.6 is 11.8 Å². The first kappa shape index (κ1) is 17.5. The van der Waals surface area contributed by atoms with E-state index in [1.807, 2.05) is 6.07 Å². The number of hydrogen-bond acceptors (Lipinski definition) is 8. The summed E-state index contributed by atoms with van der Waals surface area (Å²) >= 11 is 1.05. The summed E-state index contributed by atoms with van der Waals surface area (Å²) in [7, 11) is 0. The van der Waals surface area contributed by atoms with Gasteiger partial charge in [-0.25, -0.2) is 4.98 Å². The van der Waals surface area contributed by atoms with Crippen molar-refractivity contribution in [1.29, 1.82) is 0 Å². The molecule has 3 rings (SSSR count). The van der Waals surface area contributed by atoms with Crippen LogP contribution in [-0.4, -0.2) is 28.6 Å². The lowest BCUT2D eigenvalue weighted by molar-refractivity contribution is -0.255. The summed E-state index contributed by atoms with van der Waals surface area (Å²) in [6.07, 6.45) is 0. The molecule has 132 valence electrons. The molecular weight excluding hydrogens is 360 g/mol. The third-order valence-electron chi connectivity index (χ3n) is 3.29. The number of benzene rings is 2. The van der Waals surface area contributed by atoms with Gasteiger partial charge in [0.1, 0.15) is 5.52 Å². The van der Waals surface area contributed by atoms with E-state index in [4.69, 9.17) is 4.42 Å². The Morgan fingerprint density at radius 3 is 2.31 bits per heavy atom. The van der Waals surface area contributed by atoms with Gasteiger partial charge in [0.05, 0.1) is 17.7 Å². The highest BCUT2D eigenvalue weighted by atomic mass is 32.2. The third-order valence-corrected chi connectivity index (χ3v) is 4.12. The second-order valence-electron chi connectivity index (χ2n) is 5.16. The zero-order chi connectivity index (χ0) is 18.7. The van der Waals surface area contributed by atoms with Crippen LogP contribution in [0.2, 0.25) is 0 Å². The molecule has 0 aliphatic carbocycles. The summed E-state index contributed by atoms with van der Waals surface area (Å²) in [5, 5.41) is 24.6. The SMILES string of the molecule is O=C(CSc1nc2ccccc2o1)Nc1cc(C(=O)[O-])cc(C(=O)[O-])c1. The maximum Gasteiger partial charge on any atom is 0.257 e. The lowest BCUT2D eigenvalue weighted by Crippen LogP contribution is -2.26. The molecule has 26 heavy (non-hydrogen) atoms. The molecule has 8 nitrogen and oxygen atoms in total. The molecule has 0 fully saturated rings. The summed E-state index contributed by atoms with van der Waals surface area (Å²) in [5.74, 6) is -3.69. The minimum absolute atomic E-state index is 0.00839. The van der Waals surface area contributed by atoms with Crippen molar-refractivity contribution in [3.63, 3.8) is 0 Å². The van der Waals surface area contributed by atoms with Crippen molar-refractivity contribution in [2.45, 2.75) is 5.22 Å². The number of anilines is 1. The van der Waals surface area contributed by atoms with Crippen LogP contribution in [0.5, 0.6) is 0 Å². The monoisotopic (exact) mass is 370 g/mol. The fourth-order valence-corrected chi connectivity index (χ4v) is 2.81. The molecule has 1 N–H and O–H groups in total. The van der Waals surface area contributed by atoms with E-state index < -0.39 is 17.8 Å². The number of aromatic carboxylic acids is 2. The Morgan fingerprint density at radius 1 is 1.04 bits per heavy atom. The predicted octanol–water partition coefficient (Wildman–Crippen LogP) is 0.286. The average molecular weight is 370 g/mol. The first-order valence-electron chi connectivity index (χ1n) is 7.28. The lowest BCUT2D eigenvalue weighted by atomic mass is 10.1. The van der Waals surface area contributed by atoms with Crippen molar-refractivity contribution < 1.29 is 29.0 Å². The summed E-state index contributed by atoms with van der Waals surface area (Å²) in [5.41, 5.74) is 0.502. The number of carboxylic acid groups (broad SMARTS) is 2. The first-order valence-corrected chi connectivity index (χ1v) is 8.27. The van der Waals surface area contributed by atoms with Crippen LogP contribution in [0.25, 0.3) is 11.1 Å². The van der Waals surface area contributed by atoms with Gasteiger partial charge in [-0.1, -0.05) is 23.9 Å². The number of fused-ring (bicyclic) bond motifs is 1. The van der Waals surface area contributed by atoms with E-state index in [1.54, 1.807) is 18.2 Å². The third kappa shape index (κ3) is 4.01. The van der Waals surface area contributed by atoms with Crippen LogP contribution in [0.15, 0.2) is 52.1 Å². The maximum absolute atomic E-state index is 12.0. The highest BCUT2D eigenvalue weighted by molar-refractivity contribution is 7.99. The fourth-order valence-electron chi connectivity index (χ4n) is 2.17. The van der Waals surface area contributed by atoms with Crippen LogP contribution in [0.1, 0.15) is 20.7 Å². The Kier molecular flexibility index (Phi) is 4.90. The highest BCUT2D eigenvalue weighted by Gasteiger charge is 2.11. The first-order chi connectivity index (χ1) is 12.4. The molecule has 0 saturated heterocycles. The smallest absolute Gasteiger partial charge is 0.257 e. The summed E-state index contributed by atoms with van der Waals surface area (Å²) in [4.78, 5) is 38.1. The van der Waals surface area contributed by atoms with Gasteiger partial charge in [-0.3, -0.25) is 4.79 Å². The molecule has 3 aromatic rings. The molecule has 1 heterocycles. The number of nitrogens with zero attached hydrogens (tertiary/aromatic N) is 1. The Balaban J connectivity index is 1.69. The summed E-state index contributed by atoms with van der Waals surface area (Å²) in [6, 6.07) is 10.2. The number of amides is 1. The molecule has 0 aliphatic heterocycles. The lowest BCUT2D eigenvalue weighted by Gasteiger charge is -2.12. The predicted molar refractivity (Wildman–Crippen MR) is 88.5 cm³/mol. The molecule has 2 aromatic carbocycles. The van der Waals surface area contributed by atoms with Crippen LogP contribution in [0, 0.1) is 0 Å². The van der Waals surface area contributed by atoms with Gasteiger partial charge in [-0.15, -0.1) is 0 Å².